The zero-order chi connectivity index (χ0) is 13.5. The molecule has 0 saturated carbocycles. The van der Waals surface area contributed by atoms with Crippen molar-refractivity contribution in [2.24, 2.45) is 0 Å². The van der Waals surface area contributed by atoms with Crippen LogP contribution in [0.3, 0.4) is 0 Å². The first kappa shape index (κ1) is 13.2. The molecule has 0 spiro atoms. The molecule has 0 heterocycles. The maximum absolute atomic E-state index is 3.39. The van der Waals surface area contributed by atoms with Gasteiger partial charge in [0.2, 0.25) is 0 Å². The molecule has 96 valence electrons. The van der Waals surface area contributed by atoms with E-state index < -0.39 is 0 Å². The topological polar surface area (TPSA) is 12.0 Å². The number of hydrogen-bond acceptors (Lipinski definition) is 1. The smallest absolute Gasteiger partial charge is 0.0769 e. The van der Waals surface area contributed by atoms with Crippen LogP contribution in [0.25, 0.3) is 0 Å². The molecule has 1 heteroatoms. The van der Waals surface area contributed by atoms with Crippen molar-refractivity contribution in [2.75, 3.05) is 11.9 Å². The molecular formula is C18H19N. The van der Waals surface area contributed by atoms with Gasteiger partial charge in [0.1, 0.15) is 0 Å². The van der Waals surface area contributed by atoms with E-state index in [1.165, 1.54) is 11.3 Å². The fourth-order valence-corrected chi connectivity index (χ4v) is 1.97. The summed E-state index contributed by atoms with van der Waals surface area (Å²) >= 11 is 0. The Hall–Kier alpha value is -2.20. The summed E-state index contributed by atoms with van der Waals surface area (Å²) < 4.78 is 0. The molecule has 0 bridgehead atoms. The zero-order valence-corrected chi connectivity index (χ0v) is 11.5. The molecule has 0 fully saturated rings. The molecule has 19 heavy (non-hydrogen) atoms. The van der Waals surface area contributed by atoms with Crippen molar-refractivity contribution >= 4 is 5.69 Å². The van der Waals surface area contributed by atoms with Crippen LogP contribution >= 0.6 is 0 Å². The van der Waals surface area contributed by atoms with Crippen LogP contribution < -0.4 is 5.32 Å². The molecule has 0 aliphatic heterocycles. The van der Waals surface area contributed by atoms with Gasteiger partial charge in [-0.05, 0) is 29.7 Å². The van der Waals surface area contributed by atoms with E-state index in [9.17, 15) is 0 Å². The Morgan fingerprint density at radius 2 is 1.63 bits per heavy atom. The Bertz CT molecular complexity index is 573. The number of hydrogen-bond donors (Lipinski definition) is 1. The minimum absolute atomic E-state index is 0.519. The molecule has 2 aromatic carbocycles. The lowest BCUT2D eigenvalue weighted by atomic mass is 10.0. The van der Waals surface area contributed by atoms with Gasteiger partial charge in [0.05, 0.1) is 6.54 Å². The summed E-state index contributed by atoms with van der Waals surface area (Å²) in [5.41, 5.74) is 3.57. The van der Waals surface area contributed by atoms with Gasteiger partial charge in [-0.2, -0.15) is 0 Å². The maximum Gasteiger partial charge on any atom is 0.0769 e. The van der Waals surface area contributed by atoms with Crippen molar-refractivity contribution in [3.63, 3.8) is 0 Å². The Balaban J connectivity index is 1.99. The molecule has 0 aliphatic rings. The van der Waals surface area contributed by atoms with Crippen LogP contribution in [0.2, 0.25) is 0 Å². The number of rotatable bonds is 3. The molecule has 0 atom stereocenters. The van der Waals surface area contributed by atoms with E-state index in [0.717, 1.165) is 5.56 Å². The fourth-order valence-electron chi connectivity index (χ4n) is 1.97. The van der Waals surface area contributed by atoms with Crippen LogP contribution in [0.4, 0.5) is 5.69 Å². The highest BCUT2D eigenvalue weighted by atomic mass is 14.9. The third-order valence-corrected chi connectivity index (χ3v) is 2.96. The van der Waals surface area contributed by atoms with Crippen LogP contribution in [0.15, 0.2) is 54.6 Å². The first-order valence-electron chi connectivity index (χ1n) is 6.64. The van der Waals surface area contributed by atoms with Gasteiger partial charge < -0.3 is 5.32 Å². The summed E-state index contributed by atoms with van der Waals surface area (Å²) in [5.74, 6) is 6.83. The van der Waals surface area contributed by atoms with Crippen molar-refractivity contribution in [3.8, 4) is 11.8 Å². The van der Waals surface area contributed by atoms with E-state index in [1.807, 2.05) is 30.3 Å². The van der Waals surface area contributed by atoms with Crippen LogP contribution in [0.5, 0.6) is 0 Å². The third-order valence-electron chi connectivity index (χ3n) is 2.96. The van der Waals surface area contributed by atoms with Crippen molar-refractivity contribution in [3.05, 3.63) is 65.7 Å². The van der Waals surface area contributed by atoms with Crippen LogP contribution in [0.1, 0.15) is 30.9 Å². The molecule has 0 unspecified atom stereocenters. The molecular weight excluding hydrogens is 230 g/mol. The van der Waals surface area contributed by atoms with E-state index in [4.69, 9.17) is 0 Å². The Morgan fingerprint density at radius 1 is 0.947 bits per heavy atom. The van der Waals surface area contributed by atoms with Crippen LogP contribution in [-0.4, -0.2) is 6.54 Å². The second kappa shape index (κ2) is 6.66. The highest BCUT2D eigenvalue weighted by Crippen LogP contribution is 2.23. The van der Waals surface area contributed by atoms with E-state index in [1.54, 1.807) is 0 Å². The summed E-state index contributed by atoms with van der Waals surface area (Å²) in [6.07, 6.45) is 0. The van der Waals surface area contributed by atoms with Gasteiger partial charge >= 0.3 is 0 Å². The quantitative estimate of drug-likeness (QED) is 0.801. The van der Waals surface area contributed by atoms with Gasteiger partial charge in [0.25, 0.3) is 0 Å². The highest BCUT2D eigenvalue weighted by molar-refractivity contribution is 5.53. The Labute approximate surface area is 115 Å². The highest BCUT2D eigenvalue weighted by Gasteiger charge is 2.03. The van der Waals surface area contributed by atoms with Crippen LogP contribution in [-0.2, 0) is 0 Å². The summed E-state index contributed by atoms with van der Waals surface area (Å²) in [4.78, 5) is 0. The van der Waals surface area contributed by atoms with E-state index in [-0.39, 0.29) is 0 Å². The first-order chi connectivity index (χ1) is 9.27. The minimum atomic E-state index is 0.519. The molecule has 0 radical (unpaired) electrons. The second-order valence-electron chi connectivity index (χ2n) is 4.76. The lowest BCUT2D eigenvalue weighted by Gasteiger charge is -2.12. The van der Waals surface area contributed by atoms with Crippen molar-refractivity contribution in [1.82, 2.24) is 0 Å². The molecule has 1 nitrogen and oxygen atoms in total. The van der Waals surface area contributed by atoms with Crippen LogP contribution in [0, 0.1) is 11.8 Å². The minimum Gasteiger partial charge on any atom is -0.374 e. The predicted molar refractivity (Wildman–Crippen MR) is 82.3 cm³/mol. The average molecular weight is 249 g/mol. The zero-order valence-electron chi connectivity index (χ0n) is 11.5. The number of benzene rings is 2. The predicted octanol–water partition coefficient (Wildman–Crippen LogP) is 4.27. The summed E-state index contributed by atoms with van der Waals surface area (Å²) in [7, 11) is 0. The second-order valence-corrected chi connectivity index (χ2v) is 4.76. The van der Waals surface area contributed by atoms with Crippen molar-refractivity contribution < 1.29 is 0 Å². The largest absolute Gasteiger partial charge is 0.374 e. The average Bonchev–Trinajstić information content (AvgIpc) is 2.45. The maximum atomic E-state index is 3.39. The molecule has 1 N–H and O–H groups in total. The van der Waals surface area contributed by atoms with Gasteiger partial charge in [0, 0.05) is 11.3 Å². The van der Waals surface area contributed by atoms with E-state index in [2.05, 4.69) is 55.3 Å². The molecule has 2 rings (SSSR count). The summed E-state index contributed by atoms with van der Waals surface area (Å²) in [6, 6.07) is 18.5. The first-order valence-corrected chi connectivity index (χ1v) is 6.64. The number of para-hydroxylation sites is 1. The van der Waals surface area contributed by atoms with Gasteiger partial charge in [-0.25, -0.2) is 0 Å². The van der Waals surface area contributed by atoms with Gasteiger partial charge in [0.15, 0.2) is 0 Å². The van der Waals surface area contributed by atoms with Gasteiger partial charge in [-0.3, -0.25) is 0 Å². The Morgan fingerprint density at radius 3 is 2.37 bits per heavy atom. The van der Waals surface area contributed by atoms with Gasteiger partial charge in [-0.1, -0.05) is 62.1 Å². The molecule has 2 aromatic rings. The van der Waals surface area contributed by atoms with Crippen molar-refractivity contribution in [2.45, 2.75) is 19.8 Å². The van der Waals surface area contributed by atoms with Gasteiger partial charge in [-0.15, -0.1) is 0 Å². The lowest BCUT2D eigenvalue weighted by Crippen LogP contribution is -2.03. The number of anilines is 1. The molecule has 0 saturated heterocycles. The third kappa shape index (κ3) is 3.89. The molecule has 0 amide bonds. The fraction of sp³-hybridized carbons (Fsp3) is 0.222. The summed E-state index contributed by atoms with van der Waals surface area (Å²) in [5, 5.41) is 3.39. The molecule has 0 aliphatic carbocycles. The normalized spacial score (nSPS) is 9.84. The summed E-state index contributed by atoms with van der Waals surface area (Å²) in [6.45, 7) is 5.07. The van der Waals surface area contributed by atoms with E-state index >= 15 is 0 Å². The Kier molecular flexibility index (Phi) is 4.64. The number of nitrogens with one attached hydrogen (secondary N) is 1. The molecule has 0 aromatic heterocycles. The monoisotopic (exact) mass is 249 g/mol. The van der Waals surface area contributed by atoms with Crippen molar-refractivity contribution in [1.29, 1.82) is 0 Å². The standard InChI is InChI=1S/C18H19N/c1-15(2)17-12-6-7-13-18(17)19-14-8-11-16-9-4-3-5-10-16/h3-7,9-10,12-13,15,19H,14H2,1-2H3. The SMILES string of the molecule is CC(C)c1ccccc1NCC#Cc1ccccc1. The van der Waals surface area contributed by atoms with E-state index in [0.29, 0.717) is 12.5 Å². The lowest BCUT2D eigenvalue weighted by molar-refractivity contribution is 0.867.